The van der Waals surface area contributed by atoms with Crippen molar-refractivity contribution in [3.8, 4) is 0 Å². The van der Waals surface area contributed by atoms with E-state index in [4.69, 9.17) is 17.3 Å². The highest BCUT2D eigenvalue weighted by molar-refractivity contribution is 6.33. The molecule has 0 saturated carbocycles. The molecule has 0 spiro atoms. The Morgan fingerprint density at radius 1 is 1.00 bits per heavy atom. The van der Waals surface area contributed by atoms with Crippen LogP contribution in [0.4, 0.5) is 17.1 Å². The Kier molecular flexibility index (Phi) is 3.34. The molecule has 2 N–H and O–H groups in total. The summed E-state index contributed by atoms with van der Waals surface area (Å²) in [7, 11) is 0. The van der Waals surface area contributed by atoms with Crippen molar-refractivity contribution in [2.45, 2.75) is 19.3 Å². The molecule has 0 atom stereocenters. The van der Waals surface area contributed by atoms with Crippen LogP contribution >= 0.6 is 11.6 Å². The van der Waals surface area contributed by atoms with Crippen LogP contribution in [0.15, 0.2) is 42.5 Å². The van der Waals surface area contributed by atoms with Crippen LogP contribution in [-0.4, -0.2) is 6.54 Å². The van der Waals surface area contributed by atoms with Gasteiger partial charge in [-0.3, -0.25) is 0 Å². The van der Waals surface area contributed by atoms with Crippen molar-refractivity contribution in [1.29, 1.82) is 0 Å². The van der Waals surface area contributed by atoms with E-state index in [1.165, 1.54) is 24.1 Å². The summed E-state index contributed by atoms with van der Waals surface area (Å²) in [6.45, 7) is 1.00. The van der Waals surface area contributed by atoms with Crippen molar-refractivity contribution >= 4 is 28.7 Å². The van der Waals surface area contributed by atoms with Crippen LogP contribution in [0.25, 0.3) is 0 Å². The molecule has 3 rings (SSSR count). The van der Waals surface area contributed by atoms with Gasteiger partial charge in [0.1, 0.15) is 0 Å². The first kappa shape index (κ1) is 12.4. The van der Waals surface area contributed by atoms with E-state index in [0.29, 0.717) is 5.69 Å². The number of halogens is 1. The molecule has 0 saturated heterocycles. The minimum atomic E-state index is 0.705. The molecular weight excluding hydrogens is 256 g/mol. The molecule has 0 bridgehead atoms. The molecule has 19 heavy (non-hydrogen) atoms. The Morgan fingerprint density at radius 3 is 2.68 bits per heavy atom. The number of aryl methyl sites for hydroxylation is 1. The molecule has 3 heteroatoms. The minimum Gasteiger partial charge on any atom is -0.399 e. The fourth-order valence-electron chi connectivity index (χ4n) is 2.68. The van der Waals surface area contributed by atoms with Crippen molar-refractivity contribution in [2.75, 3.05) is 17.2 Å². The number of benzene rings is 2. The van der Waals surface area contributed by atoms with Crippen LogP contribution in [0, 0.1) is 0 Å². The van der Waals surface area contributed by atoms with Gasteiger partial charge in [-0.25, -0.2) is 0 Å². The highest BCUT2D eigenvalue weighted by Gasteiger charge is 2.18. The molecule has 0 aromatic heterocycles. The lowest BCUT2D eigenvalue weighted by molar-refractivity contribution is 0.761. The Hall–Kier alpha value is -1.67. The van der Waals surface area contributed by atoms with Gasteiger partial charge in [0.15, 0.2) is 0 Å². The number of nitrogens with two attached hydrogens (primary N) is 1. The molecule has 1 aliphatic heterocycles. The summed E-state index contributed by atoms with van der Waals surface area (Å²) in [5.41, 5.74) is 10.2. The monoisotopic (exact) mass is 272 g/mol. The number of nitrogens with zero attached hydrogens (tertiary/aromatic N) is 1. The molecule has 1 aliphatic rings. The Balaban J connectivity index is 2.09. The maximum absolute atomic E-state index is 6.36. The second kappa shape index (κ2) is 5.14. The summed E-state index contributed by atoms with van der Waals surface area (Å²) >= 11 is 6.36. The lowest BCUT2D eigenvalue weighted by atomic mass is 10.1. The van der Waals surface area contributed by atoms with Gasteiger partial charge in [-0.05, 0) is 49.1 Å². The van der Waals surface area contributed by atoms with E-state index in [1.807, 2.05) is 18.2 Å². The molecule has 0 unspecified atom stereocenters. The van der Waals surface area contributed by atoms with Crippen LogP contribution in [0.5, 0.6) is 0 Å². The molecule has 2 aromatic rings. The maximum atomic E-state index is 6.36. The molecule has 0 fully saturated rings. The molecule has 2 aromatic carbocycles. The van der Waals surface area contributed by atoms with Crippen LogP contribution in [0.2, 0.25) is 5.02 Å². The van der Waals surface area contributed by atoms with Gasteiger partial charge < -0.3 is 10.6 Å². The lowest BCUT2D eigenvalue weighted by Gasteiger charge is -2.26. The summed E-state index contributed by atoms with van der Waals surface area (Å²) < 4.78 is 0. The van der Waals surface area contributed by atoms with Crippen LogP contribution in [-0.2, 0) is 6.42 Å². The van der Waals surface area contributed by atoms with Gasteiger partial charge in [0.2, 0.25) is 0 Å². The van der Waals surface area contributed by atoms with Gasteiger partial charge in [0.05, 0.1) is 10.7 Å². The topological polar surface area (TPSA) is 29.3 Å². The second-order valence-electron chi connectivity index (χ2n) is 4.95. The van der Waals surface area contributed by atoms with Gasteiger partial charge in [-0.1, -0.05) is 29.8 Å². The number of para-hydroxylation sites is 1. The zero-order chi connectivity index (χ0) is 13.2. The number of fused-ring (bicyclic) bond motifs is 1. The quantitative estimate of drug-likeness (QED) is 0.780. The molecular formula is C16H17ClN2. The third kappa shape index (κ3) is 2.41. The minimum absolute atomic E-state index is 0.705. The van der Waals surface area contributed by atoms with Crippen molar-refractivity contribution in [3.63, 3.8) is 0 Å². The van der Waals surface area contributed by atoms with Crippen molar-refractivity contribution in [3.05, 3.63) is 53.1 Å². The zero-order valence-corrected chi connectivity index (χ0v) is 11.5. The lowest BCUT2D eigenvalue weighted by Crippen LogP contribution is -2.18. The van der Waals surface area contributed by atoms with Crippen LogP contribution in [0.1, 0.15) is 18.4 Å². The molecule has 1 heterocycles. The first-order chi connectivity index (χ1) is 9.25. The molecule has 2 nitrogen and oxygen atoms in total. The Bertz CT molecular complexity index is 595. The average Bonchev–Trinajstić information content (AvgIpc) is 2.61. The summed E-state index contributed by atoms with van der Waals surface area (Å²) in [4.78, 5) is 2.31. The smallest absolute Gasteiger partial charge is 0.0663 e. The van der Waals surface area contributed by atoms with E-state index < -0.39 is 0 Å². The number of nitrogen functional groups attached to an aromatic ring is 1. The zero-order valence-electron chi connectivity index (χ0n) is 10.8. The predicted molar refractivity (Wildman–Crippen MR) is 82.3 cm³/mol. The Labute approximate surface area is 118 Å². The first-order valence-electron chi connectivity index (χ1n) is 6.66. The van der Waals surface area contributed by atoms with E-state index in [9.17, 15) is 0 Å². The highest BCUT2D eigenvalue weighted by atomic mass is 35.5. The standard InChI is InChI=1S/C16H17ClN2/c17-14-11-13(18)8-9-16(14)19-10-4-3-6-12-5-1-2-7-15(12)19/h1-2,5,7-9,11H,3-4,6,10,18H2. The number of rotatable bonds is 1. The third-order valence-electron chi connectivity index (χ3n) is 3.62. The molecule has 0 amide bonds. The van der Waals surface area contributed by atoms with Gasteiger partial charge in [0.25, 0.3) is 0 Å². The van der Waals surface area contributed by atoms with Crippen molar-refractivity contribution < 1.29 is 0 Å². The van der Waals surface area contributed by atoms with Crippen molar-refractivity contribution in [2.24, 2.45) is 0 Å². The molecule has 98 valence electrons. The van der Waals surface area contributed by atoms with E-state index in [2.05, 4.69) is 29.2 Å². The van der Waals surface area contributed by atoms with Crippen molar-refractivity contribution in [1.82, 2.24) is 0 Å². The average molecular weight is 273 g/mol. The largest absolute Gasteiger partial charge is 0.399 e. The summed E-state index contributed by atoms with van der Waals surface area (Å²) in [5.74, 6) is 0. The third-order valence-corrected chi connectivity index (χ3v) is 3.93. The maximum Gasteiger partial charge on any atom is 0.0663 e. The molecule has 0 aliphatic carbocycles. The summed E-state index contributed by atoms with van der Waals surface area (Å²) in [5, 5.41) is 0.719. The van der Waals surface area contributed by atoms with Crippen LogP contribution < -0.4 is 10.6 Å². The number of anilines is 3. The number of hydrogen-bond acceptors (Lipinski definition) is 2. The van der Waals surface area contributed by atoms with E-state index in [1.54, 1.807) is 0 Å². The fourth-order valence-corrected chi connectivity index (χ4v) is 2.97. The summed E-state index contributed by atoms with van der Waals surface area (Å²) in [6.07, 6.45) is 3.54. The van der Waals surface area contributed by atoms with Crippen LogP contribution in [0.3, 0.4) is 0 Å². The van der Waals surface area contributed by atoms with E-state index in [0.717, 1.165) is 23.7 Å². The summed E-state index contributed by atoms with van der Waals surface area (Å²) in [6, 6.07) is 14.3. The predicted octanol–water partition coefficient (Wildman–Crippen LogP) is 4.40. The second-order valence-corrected chi connectivity index (χ2v) is 5.36. The van der Waals surface area contributed by atoms with Gasteiger partial charge in [0, 0.05) is 17.9 Å². The normalized spacial score (nSPS) is 14.9. The molecule has 0 radical (unpaired) electrons. The number of hydrogen-bond donors (Lipinski definition) is 1. The van der Waals surface area contributed by atoms with Gasteiger partial charge >= 0.3 is 0 Å². The first-order valence-corrected chi connectivity index (χ1v) is 7.04. The van der Waals surface area contributed by atoms with Gasteiger partial charge in [-0.15, -0.1) is 0 Å². The SMILES string of the molecule is Nc1ccc(N2CCCCc3ccccc32)c(Cl)c1. The highest BCUT2D eigenvalue weighted by Crippen LogP contribution is 2.37. The van der Waals surface area contributed by atoms with Gasteiger partial charge in [-0.2, -0.15) is 0 Å². The van der Waals surface area contributed by atoms with E-state index >= 15 is 0 Å². The fraction of sp³-hybridized carbons (Fsp3) is 0.250. The Morgan fingerprint density at radius 2 is 1.84 bits per heavy atom. The van der Waals surface area contributed by atoms with E-state index in [-0.39, 0.29) is 0 Å².